The number of ether oxygens (including phenoxy) is 3. The van der Waals surface area contributed by atoms with E-state index in [1.54, 1.807) is 0 Å². The van der Waals surface area contributed by atoms with Gasteiger partial charge in [-0.05, 0) is 38.5 Å². The molecule has 462 valence electrons. The van der Waals surface area contributed by atoms with E-state index in [0.29, 0.717) is 19.3 Å². The fourth-order valence-electron chi connectivity index (χ4n) is 11.2. The highest BCUT2D eigenvalue weighted by Gasteiger charge is 2.19. The number of hydrogen-bond donors (Lipinski definition) is 0. The van der Waals surface area contributed by atoms with Gasteiger partial charge in [-0.1, -0.05) is 367 Å². The summed E-state index contributed by atoms with van der Waals surface area (Å²) < 4.78 is 16.9. The Hall–Kier alpha value is -1.85. The van der Waals surface area contributed by atoms with E-state index in [-0.39, 0.29) is 31.1 Å². The van der Waals surface area contributed by atoms with Crippen LogP contribution in [-0.2, 0) is 28.6 Å². The SMILES string of the molecule is CCC/C=C\CCCCCCCC(=O)OCC(COC(=O)CCCCCCCCCCCCCCCCCCCCCCCCCCCCCCCC)OC(=O)CCCCCCCCCCCCCCCCCCCCCC. The van der Waals surface area contributed by atoms with E-state index >= 15 is 0 Å². The number of rotatable bonds is 67. The van der Waals surface area contributed by atoms with Gasteiger partial charge < -0.3 is 14.2 Å². The number of hydrogen-bond acceptors (Lipinski definition) is 6. The molecule has 6 heteroatoms. The highest BCUT2D eigenvalue weighted by molar-refractivity contribution is 5.71. The van der Waals surface area contributed by atoms with Crippen molar-refractivity contribution >= 4 is 17.9 Å². The monoisotopic (exact) mass is 1100 g/mol. The number of esters is 3. The lowest BCUT2D eigenvalue weighted by Gasteiger charge is -2.18. The van der Waals surface area contributed by atoms with E-state index in [2.05, 4.69) is 32.9 Å². The second-order valence-corrected chi connectivity index (χ2v) is 24.5. The van der Waals surface area contributed by atoms with E-state index < -0.39 is 6.10 Å². The quantitative estimate of drug-likeness (QED) is 0.0261. The van der Waals surface area contributed by atoms with Crippen molar-refractivity contribution in [3.63, 3.8) is 0 Å². The van der Waals surface area contributed by atoms with Gasteiger partial charge in [0, 0.05) is 19.3 Å². The highest BCUT2D eigenvalue weighted by Crippen LogP contribution is 2.19. The largest absolute Gasteiger partial charge is 0.462 e. The molecule has 78 heavy (non-hydrogen) atoms. The van der Waals surface area contributed by atoms with E-state index in [4.69, 9.17) is 14.2 Å². The molecule has 0 aliphatic carbocycles. The Morgan fingerprint density at radius 3 is 0.692 bits per heavy atom. The molecule has 0 aliphatic heterocycles. The summed E-state index contributed by atoms with van der Waals surface area (Å²) in [4.78, 5) is 38.3. The molecule has 0 saturated carbocycles. The van der Waals surface area contributed by atoms with Crippen LogP contribution in [0.2, 0.25) is 0 Å². The zero-order chi connectivity index (χ0) is 56.4. The summed E-state index contributed by atoms with van der Waals surface area (Å²) >= 11 is 0. The summed E-state index contributed by atoms with van der Waals surface area (Å²) in [6, 6.07) is 0. The Kier molecular flexibility index (Phi) is 66.0. The van der Waals surface area contributed by atoms with Gasteiger partial charge in [-0.15, -0.1) is 0 Å². The topological polar surface area (TPSA) is 78.9 Å². The van der Waals surface area contributed by atoms with E-state index in [0.717, 1.165) is 70.6 Å². The second kappa shape index (κ2) is 67.7. The summed E-state index contributed by atoms with van der Waals surface area (Å²) in [6.45, 7) is 6.66. The second-order valence-electron chi connectivity index (χ2n) is 24.5. The molecule has 6 nitrogen and oxygen atoms in total. The number of unbranched alkanes of at least 4 members (excludes halogenated alkanes) is 54. The fourth-order valence-corrected chi connectivity index (χ4v) is 11.2. The molecule has 0 saturated heterocycles. The molecule has 0 N–H and O–H groups in total. The first-order valence-corrected chi connectivity index (χ1v) is 35.7. The first-order chi connectivity index (χ1) is 38.5. The van der Waals surface area contributed by atoms with Gasteiger partial charge in [-0.25, -0.2) is 0 Å². The highest BCUT2D eigenvalue weighted by atomic mass is 16.6. The van der Waals surface area contributed by atoms with Gasteiger partial charge in [0.2, 0.25) is 0 Å². The van der Waals surface area contributed by atoms with Crippen LogP contribution < -0.4 is 0 Å². The number of carbonyl (C=O) groups is 3. The first-order valence-electron chi connectivity index (χ1n) is 35.7. The molecular weight excluding hydrogens is 961 g/mol. The third-order valence-corrected chi connectivity index (χ3v) is 16.5. The zero-order valence-corrected chi connectivity index (χ0v) is 53.2. The summed E-state index contributed by atoms with van der Waals surface area (Å²) in [7, 11) is 0. The lowest BCUT2D eigenvalue weighted by atomic mass is 10.0. The summed E-state index contributed by atoms with van der Waals surface area (Å²) in [6.07, 6.45) is 81.3. The van der Waals surface area contributed by atoms with Gasteiger partial charge >= 0.3 is 17.9 Å². The van der Waals surface area contributed by atoms with Crippen molar-refractivity contribution in [1.82, 2.24) is 0 Å². The molecule has 0 spiro atoms. The molecule has 0 bridgehead atoms. The summed E-state index contributed by atoms with van der Waals surface area (Å²) in [5.41, 5.74) is 0. The minimum atomic E-state index is -0.769. The van der Waals surface area contributed by atoms with Crippen molar-refractivity contribution < 1.29 is 28.6 Å². The van der Waals surface area contributed by atoms with Gasteiger partial charge in [-0.2, -0.15) is 0 Å². The normalized spacial score (nSPS) is 12.0. The molecule has 0 amide bonds. The maximum absolute atomic E-state index is 12.9. The fraction of sp³-hybridized carbons (Fsp3) is 0.931. The summed E-state index contributed by atoms with van der Waals surface area (Å²) in [5.74, 6) is -0.845. The van der Waals surface area contributed by atoms with Crippen LogP contribution in [0.15, 0.2) is 12.2 Å². The molecule has 0 aromatic heterocycles. The van der Waals surface area contributed by atoms with Crippen LogP contribution in [0.1, 0.15) is 412 Å². The van der Waals surface area contributed by atoms with Crippen molar-refractivity contribution in [3.8, 4) is 0 Å². The number of allylic oxidation sites excluding steroid dienone is 2. The van der Waals surface area contributed by atoms with E-state index in [9.17, 15) is 14.4 Å². The average Bonchev–Trinajstić information content (AvgIpc) is 3.44. The molecule has 1 unspecified atom stereocenters. The molecule has 0 heterocycles. The Bertz CT molecular complexity index is 1210. The van der Waals surface area contributed by atoms with Crippen LogP contribution in [0.4, 0.5) is 0 Å². The molecule has 1 atom stereocenters. The van der Waals surface area contributed by atoms with Crippen LogP contribution in [0, 0.1) is 0 Å². The maximum atomic E-state index is 12.9. The van der Waals surface area contributed by atoms with Crippen LogP contribution in [0.25, 0.3) is 0 Å². The first kappa shape index (κ1) is 76.1. The standard InChI is InChI=1S/C72H138O6/c1-4-7-10-13-16-19-22-24-26-28-30-32-33-34-35-36-37-38-39-40-41-43-44-46-48-50-53-56-59-62-65-71(74)77-68-69(67-76-70(73)64-61-58-55-52-21-18-15-12-9-6-3)78-72(75)66-63-60-57-54-51-49-47-45-42-31-29-27-25-23-20-17-14-11-8-5-2/h12,15,69H,4-11,13-14,16-68H2,1-3H3/b15-12-. The Morgan fingerprint density at radius 1 is 0.244 bits per heavy atom. The van der Waals surface area contributed by atoms with E-state index in [1.165, 1.54) is 302 Å². The molecule has 0 aromatic rings. The van der Waals surface area contributed by atoms with Crippen molar-refractivity contribution in [3.05, 3.63) is 12.2 Å². The maximum Gasteiger partial charge on any atom is 0.306 e. The molecule has 0 fully saturated rings. The van der Waals surface area contributed by atoms with Crippen LogP contribution in [0.5, 0.6) is 0 Å². The smallest absolute Gasteiger partial charge is 0.306 e. The minimum absolute atomic E-state index is 0.0661. The van der Waals surface area contributed by atoms with Gasteiger partial charge in [0.05, 0.1) is 0 Å². The van der Waals surface area contributed by atoms with Gasteiger partial charge in [0.25, 0.3) is 0 Å². The van der Waals surface area contributed by atoms with Crippen LogP contribution in [0.3, 0.4) is 0 Å². The van der Waals surface area contributed by atoms with E-state index in [1.807, 2.05) is 0 Å². The minimum Gasteiger partial charge on any atom is -0.462 e. The van der Waals surface area contributed by atoms with Crippen molar-refractivity contribution in [2.24, 2.45) is 0 Å². The van der Waals surface area contributed by atoms with Crippen molar-refractivity contribution in [2.45, 2.75) is 419 Å². The summed E-state index contributed by atoms with van der Waals surface area (Å²) in [5, 5.41) is 0. The molecular formula is C72H138O6. The zero-order valence-electron chi connectivity index (χ0n) is 53.2. The molecule has 0 aromatic carbocycles. The molecule has 0 aliphatic rings. The molecule has 0 rings (SSSR count). The van der Waals surface area contributed by atoms with Gasteiger partial charge in [0.15, 0.2) is 6.10 Å². The van der Waals surface area contributed by atoms with Gasteiger partial charge in [-0.3, -0.25) is 14.4 Å². The van der Waals surface area contributed by atoms with Crippen molar-refractivity contribution in [1.29, 1.82) is 0 Å². The van der Waals surface area contributed by atoms with Crippen LogP contribution in [-0.4, -0.2) is 37.2 Å². The Morgan fingerprint density at radius 2 is 0.449 bits per heavy atom. The average molecular weight is 1100 g/mol. The molecule has 0 radical (unpaired) electrons. The number of carbonyl (C=O) groups excluding carboxylic acids is 3. The third-order valence-electron chi connectivity index (χ3n) is 16.5. The predicted molar refractivity (Wildman–Crippen MR) is 340 cm³/mol. The lowest BCUT2D eigenvalue weighted by molar-refractivity contribution is -0.167. The predicted octanol–water partition coefficient (Wildman–Crippen LogP) is 24.4. The Labute approximate surface area is 488 Å². The lowest BCUT2D eigenvalue weighted by Crippen LogP contribution is -2.30. The van der Waals surface area contributed by atoms with Gasteiger partial charge in [0.1, 0.15) is 13.2 Å². The van der Waals surface area contributed by atoms with Crippen LogP contribution >= 0.6 is 0 Å². The Balaban J connectivity index is 4.06. The van der Waals surface area contributed by atoms with Crippen molar-refractivity contribution in [2.75, 3.05) is 13.2 Å². The third kappa shape index (κ3) is 65.0.